The van der Waals surface area contributed by atoms with E-state index < -0.39 is 10.0 Å². The third-order valence-corrected chi connectivity index (χ3v) is 6.43. The fourth-order valence-corrected chi connectivity index (χ4v) is 4.19. The first-order valence-electron chi connectivity index (χ1n) is 7.84. The predicted octanol–water partition coefficient (Wildman–Crippen LogP) is 1.39. The van der Waals surface area contributed by atoms with Gasteiger partial charge >= 0.3 is 0 Å². The number of hydrogen-bond acceptors (Lipinski definition) is 4. The predicted molar refractivity (Wildman–Crippen MR) is 88.2 cm³/mol. The molecule has 1 aliphatic heterocycles. The van der Waals surface area contributed by atoms with Gasteiger partial charge in [-0.2, -0.15) is 0 Å². The molecule has 1 aromatic carbocycles. The molecule has 0 bridgehead atoms. The zero-order valence-corrected chi connectivity index (χ0v) is 14.5. The van der Waals surface area contributed by atoms with Crippen LogP contribution < -0.4 is 0 Å². The highest BCUT2D eigenvalue weighted by Gasteiger charge is 2.46. The van der Waals surface area contributed by atoms with Gasteiger partial charge in [0.25, 0.3) is 0 Å². The minimum absolute atomic E-state index is 0.113. The summed E-state index contributed by atoms with van der Waals surface area (Å²) >= 11 is 0. The van der Waals surface area contributed by atoms with E-state index in [1.165, 1.54) is 31.1 Å². The van der Waals surface area contributed by atoms with Crippen LogP contribution in [-0.4, -0.2) is 43.5 Å². The molecule has 0 saturated carbocycles. The van der Waals surface area contributed by atoms with E-state index in [2.05, 4.69) is 0 Å². The summed E-state index contributed by atoms with van der Waals surface area (Å²) in [4.78, 5) is 26.4. The number of benzene rings is 1. The molecule has 0 N–H and O–H groups in total. The Labute approximate surface area is 141 Å². The molecular formula is C17H20N2O4S. The van der Waals surface area contributed by atoms with Crippen molar-refractivity contribution in [2.24, 2.45) is 11.8 Å². The van der Waals surface area contributed by atoms with Crippen molar-refractivity contribution >= 4 is 21.8 Å². The Morgan fingerprint density at radius 1 is 1.08 bits per heavy atom. The molecule has 3 rings (SSSR count). The summed E-state index contributed by atoms with van der Waals surface area (Å²) in [6.07, 6.45) is 5.09. The molecule has 2 atom stereocenters. The summed E-state index contributed by atoms with van der Waals surface area (Å²) in [5.74, 6) is -0.849. The number of sulfonamides is 1. The average molecular weight is 348 g/mol. The molecule has 2 unspecified atom stereocenters. The molecule has 7 heteroatoms. The summed E-state index contributed by atoms with van der Waals surface area (Å²) in [5.41, 5.74) is 0.631. The van der Waals surface area contributed by atoms with Crippen LogP contribution in [0, 0.1) is 11.8 Å². The summed E-state index contributed by atoms with van der Waals surface area (Å²) in [7, 11) is -0.615. The Morgan fingerprint density at radius 3 is 2.21 bits per heavy atom. The average Bonchev–Trinajstić information content (AvgIpc) is 2.80. The van der Waals surface area contributed by atoms with Crippen molar-refractivity contribution in [3.8, 4) is 0 Å². The third-order valence-electron chi connectivity index (χ3n) is 4.62. The van der Waals surface area contributed by atoms with E-state index in [0.29, 0.717) is 18.4 Å². The first-order chi connectivity index (χ1) is 11.3. The number of allylic oxidation sites excluding steroid dienone is 2. The maximum absolute atomic E-state index is 12.5. The van der Waals surface area contributed by atoms with Crippen molar-refractivity contribution in [3.63, 3.8) is 0 Å². The SMILES string of the molecule is CN(C)S(=O)(=O)c1cccc(CN2C(=O)C3CC=CCC3C2=O)c1. The van der Waals surface area contributed by atoms with Crippen LogP contribution in [0.1, 0.15) is 18.4 Å². The van der Waals surface area contributed by atoms with Gasteiger partial charge in [-0.15, -0.1) is 0 Å². The topological polar surface area (TPSA) is 74.8 Å². The van der Waals surface area contributed by atoms with Gasteiger partial charge in [0.1, 0.15) is 0 Å². The minimum atomic E-state index is -3.55. The van der Waals surface area contributed by atoms with Crippen LogP contribution in [-0.2, 0) is 26.2 Å². The van der Waals surface area contributed by atoms with E-state index in [1.807, 2.05) is 12.2 Å². The van der Waals surface area contributed by atoms with Crippen molar-refractivity contribution in [2.75, 3.05) is 14.1 Å². The van der Waals surface area contributed by atoms with Gasteiger partial charge < -0.3 is 0 Å². The largest absolute Gasteiger partial charge is 0.278 e. The Balaban J connectivity index is 1.85. The number of fused-ring (bicyclic) bond motifs is 1. The number of hydrogen-bond donors (Lipinski definition) is 0. The zero-order valence-electron chi connectivity index (χ0n) is 13.7. The van der Waals surface area contributed by atoms with Crippen molar-refractivity contribution in [2.45, 2.75) is 24.3 Å². The van der Waals surface area contributed by atoms with Crippen LogP contribution in [0.25, 0.3) is 0 Å². The van der Waals surface area contributed by atoms with Crippen LogP contribution in [0.5, 0.6) is 0 Å². The standard InChI is InChI=1S/C17H20N2O4S/c1-18(2)24(22,23)13-7-5-6-12(10-13)11-19-16(20)14-8-3-4-9-15(14)17(19)21/h3-7,10,14-15H,8-9,11H2,1-2H3. The van der Waals surface area contributed by atoms with E-state index in [9.17, 15) is 18.0 Å². The Morgan fingerprint density at radius 2 is 1.67 bits per heavy atom. The molecule has 0 radical (unpaired) electrons. The van der Waals surface area contributed by atoms with Gasteiger partial charge in [-0.1, -0.05) is 24.3 Å². The van der Waals surface area contributed by atoms with Gasteiger partial charge in [-0.25, -0.2) is 12.7 Å². The number of imide groups is 1. The summed E-state index contributed by atoms with van der Waals surface area (Å²) < 4.78 is 25.6. The Kier molecular flexibility index (Phi) is 4.31. The molecule has 0 spiro atoms. The first kappa shape index (κ1) is 16.9. The summed E-state index contributed by atoms with van der Waals surface area (Å²) in [6, 6.07) is 6.40. The number of likely N-dealkylation sites (tertiary alicyclic amines) is 1. The smallest absolute Gasteiger partial charge is 0.242 e. The molecular weight excluding hydrogens is 328 g/mol. The number of carbonyl (C=O) groups excluding carboxylic acids is 2. The molecule has 1 aliphatic carbocycles. The van der Waals surface area contributed by atoms with Crippen LogP contribution in [0.3, 0.4) is 0 Å². The third kappa shape index (κ3) is 2.78. The van der Waals surface area contributed by atoms with E-state index in [4.69, 9.17) is 0 Å². The second kappa shape index (κ2) is 6.14. The fraction of sp³-hybridized carbons (Fsp3) is 0.412. The Bertz CT molecular complexity index is 788. The zero-order chi connectivity index (χ0) is 17.5. The second-order valence-electron chi connectivity index (χ2n) is 6.35. The molecule has 1 fully saturated rings. The molecule has 1 aromatic rings. The van der Waals surface area contributed by atoms with Crippen molar-refractivity contribution in [1.82, 2.24) is 9.21 Å². The van der Waals surface area contributed by atoms with Gasteiger partial charge in [0.05, 0.1) is 23.3 Å². The lowest BCUT2D eigenvalue weighted by Crippen LogP contribution is -2.30. The maximum Gasteiger partial charge on any atom is 0.242 e. The van der Waals surface area contributed by atoms with Crippen LogP contribution in [0.4, 0.5) is 0 Å². The first-order valence-corrected chi connectivity index (χ1v) is 9.28. The second-order valence-corrected chi connectivity index (χ2v) is 8.51. The molecule has 2 amide bonds. The van der Waals surface area contributed by atoms with Crippen LogP contribution >= 0.6 is 0 Å². The summed E-state index contributed by atoms with van der Waals surface area (Å²) in [5, 5.41) is 0. The molecule has 2 aliphatic rings. The lowest BCUT2D eigenvalue weighted by atomic mass is 9.85. The van der Waals surface area contributed by atoms with Crippen molar-refractivity contribution < 1.29 is 18.0 Å². The monoisotopic (exact) mass is 348 g/mol. The lowest BCUT2D eigenvalue weighted by Gasteiger charge is -2.16. The number of nitrogens with zero attached hydrogens (tertiary/aromatic N) is 2. The van der Waals surface area contributed by atoms with Gasteiger partial charge in [0, 0.05) is 14.1 Å². The van der Waals surface area contributed by atoms with E-state index in [0.717, 1.165) is 4.31 Å². The number of rotatable bonds is 4. The van der Waals surface area contributed by atoms with E-state index >= 15 is 0 Å². The maximum atomic E-state index is 12.5. The van der Waals surface area contributed by atoms with Crippen molar-refractivity contribution in [3.05, 3.63) is 42.0 Å². The molecule has 6 nitrogen and oxygen atoms in total. The van der Waals surface area contributed by atoms with Gasteiger partial charge in [-0.05, 0) is 30.5 Å². The van der Waals surface area contributed by atoms with Gasteiger partial charge in [0.2, 0.25) is 21.8 Å². The highest BCUT2D eigenvalue weighted by molar-refractivity contribution is 7.89. The summed E-state index contributed by atoms with van der Waals surface area (Å²) in [6.45, 7) is 0.113. The normalized spacial score (nSPS) is 23.9. The highest BCUT2D eigenvalue weighted by atomic mass is 32.2. The number of carbonyl (C=O) groups is 2. The minimum Gasteiger partial charge on any atom is -0.278 e. The van der Waals surface area contributed by atoms with Gasteiger partial charge in [0.15, 0.2) is 0 Å². The number of amides is 2. The fourth-order valence-electron chi connectivity index (χ4n) is 3.22. The van der Waals surface area contributed by atoms with Crippen LogP contribution in [0.15, 0.2) is 41.3 Å². The van der Waals surface area contributed by atoms with E-state index in [-0.39, 0.29) is 35.1 Å². The quantitative estimate of drug-likeness (QED) is 0.609. The van der Waals surface area contributed by atoms with E-state index in [1.54, 1.807) is 12.1 Å². The molecule has 128 valence electrons. The Hall–Kier alpha value is -1.99. The molecule has 1 heterocycles. The molecule has 0 aromatic heterocycles. The highest BCUT2D eigenvalue weighted by Crippen LogP contribution is 2.35. The molecule has 24 heavy (non-hydrogen) atoms. The van der Waals surface area contributed by atoms with Crippen molar-refractivity contribution in [1.29, 1.82) is 0 Å². The van der Waals surface area contributed by atoms with Crippen LogP contribution in [0.2, 0.25) is 0 Å². The van der Waals surface area contributed by atoms with Gasteiger partial charge in [-0.3, -0.25) is 14.5 Å². The molecule has 1 saturated heterocycles. The lowest BCUT2D eigenvalue weighted by molar-refractivity contribution is -0.140.